The van der Waals surface area contributed by atoms with Crippen LogP contribution in [0.15, 0.2) is 28.7 Å². The Balaban J connectivity index is 1.81. The molecule has 1 aromatic rings. The molecule has 19 heavy (non-hydrogen) atoms. The van der Waals surface area contributed by atoms with Crippen molar-refractivity contribution in [1.29, 1.82) is 0 Å². The second-order valence-corrected chi connectivity index (χ2v) is 7.56. The molecule has 0 bridgehead atoms. The van der Waals surface area contributed by atoms with Crippen LogP contribution < -0.4 is 5.32 Å². The van der Waals surface area contributed by atoms with E-state index in [2.05, 4.69) is 64.3 Å². The van der Waals surface area contributed by atoms with Crippen molar-refractivity contribution in [3.05, 3.63) is 34.3 Å². The first kappa shape index (κ1) is 15.4. The fraction of sp³-hybridized carbons (Fsp3) is 0.625. The lowest BCUT2D eigenvalue weighted by Gasteiger charge is -2.24. The van der Waals surface area contributed by atoms with E-state index in [9.17, 15) is 0 Å². The molecule has 0 radical (unpaired) electrons. The molecule has 1 aromatic carbocycles. The Kier molecular flexibility index (Phi) is 6.75. The van der Waals surface area contributed by atoms with Crippen LogP contribution in [0.3, 0.4) is 0 Å². The first-order valence-corrected chi connectivity index (χ1v) is 9.16. The van der Waals surface area contributed by atoms with E-state index in [4.69, 9.17) is 0 Å². The predicted molar refractivity (Wildman–Crippen MR) is 90.0 cm³/mol. The summed E-state index contributed by atoms with van der Waals surface area (Å²) in [5, 5.41) is 4.38. The van der Waals surface area contributed by atoms with Gasteiger partial charge in [-0.1, -0.05) is 53.4 Å². The van der Waals surface area contributed by atoms with Crippen LogP contribution in [-0.4, -0.2) is 24.1 Å². The third-order valence-corrected chi connectivity index (χ3v) is 6.23. The van der Waals surface area contributed by atoms with Gasteiger partial charge in [-0.2, -0.15) is 11.8 Å². The molecule has 106 valence electrons. The van der Waals surface area contributed by atoms with Gasteiger partial charge in [0.2, 0.25) is 0 Å². The number of thioether (sulfide) groups is 1. The summed E-state index contributed by atoms with van der Waals surface area (Å²) in [6.07, 6.45) is 8.28. The van der Waals surface area contributed by atoms with Gasteiger partial charge >= 0.3 is 0 Å². The van der Waals surface area contributed by atoms with Crippen LogP contribution in [0.1, 0.15) is 37.7 Å². The maximum absolute atomic E-state index is 3.65. The Bertz CT molecular complexity index is 377. The zero-order valence-electron chi connectivity index (χ0n) is 11.7. The van der Waals surface area contributed by atoms with E-state index in [1.54, 1.807) is 0 Å². The van der Waals surface area contributed by atoms with Gasteiger partial charge in [0.05, 0.1) is 0 Å². The van der Waals surface area contributed by atoms with Gasteiger partial charge in [-0.25, -0.2) is 0 Å². The van der Waals surface area contributed by atoms with Gasteiger partial charge in [-0.05, 0) is 37.9 Å². The van der Waals surface area contributed by atoms with Gasteiger partial charge in [0, 0.05) is 21.5 Å². The molecule has 0 aromatic heterocycles. The Hall–Kier alpha value is 0.01000. The van der Waals surface area contributed by atoms with Gasteiger partial charge in [0.1, 0.15) is 0 Å². The van der Waals surface area contributed by atoms with Crippen molar-refractivity contribution in [2.75, 3.05) is 12.8 Å². The van der Waals surface area contributed by atoms with Crippen molar-refractivity contribution in [2.24, 2.45) is 0 Å². The second kappa shape index (κ2) is 8.33. The van der Waals surface area contributed by atoms with Crippen LogP contribution in [0.5, 0.6) is 0 Å². The molecule has 1 nitrogen and oxygen atoms in total. The molecule has 1 saturated carbocycles. The quantitative estimate of drug-likeness (QED) is 0.808. The van der Waals surface area contributed by atoms with Gasteiger partial charge in [-0.3, -0.25) is 0 Å². The summed E-state index contributed by atoms with van der Waals surface area (Å²) in [4.78, 5) is 0. The average Bonchev–Trinajstić information content (AvgIpc) is 2.46. The zero-order chi connectivity index (χ0) is 13.5. The number of benzene rings is 1. The maximum atomic E-state index is 3.65. The molecule has 1 atom stereocenters. The molecule has 1 aliphatic carbocycles. The van der Waals surface area contributed by atoms with Gasteiger partial charge in [0.15, 0.2) is 0 Å². The van der Waals surface area contributed by atoms with Crippen molar-refractivity contribution >= 4 is 27.7 Å². The molecule has 1 N–H and O–H groups in total. The minimum absolute atomic E-state index is 0.575. The number of rotatable bonds is 6. The number of hydrogen-bond donors (Lipinski definition) is 1. The van der Waals surface area contributed by atoms with Crippen LogP contribution in [0.2, 0.25) is 0 Å². The first-order chi connectivity index (χ1) is 9.29. The zero-order valence-corrected chi connectivity index (χ0v) is 14.1. The van der Waals surface area contributed by atoms with E-state index in [0.717, 1.165) is 11.7 Å². The van der Waals surface area contributed by atoms with E-state index in [1.807, 2.05) is 0 Å². The van der Waals surface area contributed by atoms with Gasteiger partial charge in [-0.15, -0.1) is 0 Å². The molecular weight excluding hydrogens is 318 g/mol. The highest BCUT2D eigenvalue weighted by Crippen LogP contribution is 2.29. The van der Waals surface area contributed by atoms with Gasteiger partial charge < -0.3 is 5.32 Å². The summed E-state index contributed by atoms with van der Waals surface area (Å²) in [5.74, 6) is 1.22. The Morgan fingerprint density at radius 2 is 2.00 bits per heavy atom. The van der Waals surface area contributed by atoms with Crippen molar-refractivity contribution in [3.63, 3.8) is 0 Å². The van der Waals surface area contributed by atoms with Crippen LogP contribution in [0, 0.1) is 0 Å². The summed E-state index contributed by atoms with van der Waals surface area (Å²) in [7, 11) is 2.09. The van der Waals surface area contributed by atoms with Crippen molar-refractivity contribution in [1.82, 2.24) is 5.32 Å². The van der Waals surface area contributed by atoms with Crippen LogP contribution in [0.25, 0.3) is 0 Å². The topological polar surface area (TPSA) is 12.0 Å². The molecule has 3 heteroatoms. The highest BCUT2D eigenvalue weighted by atomic mass is 79.9. The van der Waals surface area contributed by atoms with E-state index in [-0.39, 0.29) is 0 Å². The molecule has 1 aliphatic rings. The van der Waals surface area contributed by atoms with E-state index in [1.165, 1.54) is 47.9 Å². The third-order valence-electron chi connectivity index (χ3n) is 3.92. The largest absolute Gasteiger partial charge is 0.316 e. The Morgan fingerprint density at radius 1 is 1.26 bits per heavy atom. The predicted octanol–water partition coefficient (Wildman–Crippen LogP) is 4.65. The summed E-state index contributed by atoms with van der Waals surface area (Å²) < 4.78 is 1.23. The number of likely N-dealkylation sites (N-methyl/N-ethyl adjacent to an activating group) is 1. The van der Waals surface area contributed by atoms with Crippen LogP contribution >= 0.6 is 27.7 Å². The second-order valence-electron chi connectivity index (χ2n) is 5.37. The summed E-state index contributed by atoms with van der Waals surface area (Å²) in [6.45, 7) is 0. The Morgan fingerprint density at radius 3 is 2.68 bits per heavy atom. The SMILES string of the molecule is CNC(CSC1CCCCC1)Cc1ccccc1Br. The smallest absolute Gasteiger partial charge is 0.0207 e. The highest BCUT2D eigenvalue weighted by Gasteiger charge is 2.16. The summed E-state index contributed by atoms with van der Waals surface area (Å²) in [6, 6.07) is 9.14. The van der Waals surface area contributed by atoms with Crippen molar-refractivity contribution in [2.45, 2.75) is 49.8 Å². The molecule has 1 fully saturated rings. The number of nitrogens with one attached hydrogen (secondary N) is 1. The average molecular weight is 342 g/mol. The van der Waals surface area contributed by atoms with E-state index >= 15 is 0 Å². The molecule has 0 spiro atoms. The first-order valence-electron chi connectivity index (χ1n) is 7.32. The maximum Gasteiger partial charge on any atom is 0.0207 e. The standard InChI is InChI=1S/C16H24BrNS/c1-18-14(11-13-7-5-6-10-16(13)17)12-19-15-8-3-2-4-9-15/h5-7,10,14-15,18H,2-4,8-9,11-12H2,1H3. The minimum atomic E-state index is 0.575. The summed E-state index contributed by atoms with van der Waals surface area (Å²) in [5.41, 5.74) is 1.41. The van der Waals surface area contributed by atoms with Crippen LogP contribution in [-0.2, 0) is 6.42 Å². The van der Waals surface area contributed by atoms with Crippen molar-refractivity contribution in [3.8, 4) is 0 Å². The van der Waals surface area contributed by atoms with Crippen LogP contribution in [0.4, 0.5) is 0 Å². The molecule has 1 unspecified atom stereocenters. The fourth-order valence-electron chi connectivity index (χ4n) is 2.66. The van der Waals surface area contributed by atoms with Gasteiger partial charge in [0.25, 0.3) is 0 Å². The molecule has 0 amide bonds. The normalized spacial score (nSPS) is 18.4. The molecule has 0 heterocycles. The molecule has 2 rings (SSSR count). The van der Waals surface area contributed by atoms with Crippen molar-refractivity contribution < 1.29 is 0 Å². The lowest BCUT2D eigenvalue weighted by molar-refractivity contribution is 0.514. The summed E-state index contributed by atoms with van der Waals surface area (Å²) >= 11 is 5.82. The lowest BCUT2D eigenvalue weighted by atomic mass is 10.0. The number of halogens is 1. The molecular formula is C16H24BrNS. The van der Waals surface area contributed by atoms with E-state index < -0.39 is 0 Å². The third kappa shape index (κ3) is 5.13. The number of hydrogen-bond acceptors (Lipinski definition) is 2. The monoisotopic (exact) mass is 341 g/mol. The molecule has 0 aliphatic heterocycles. The molecule has 0 saturated heterocycles. The highest BCUT2D eigenvalue weighted by molar-refractivity contribution is 9.10. The minimum Gasteiger partial charge on any atom is -0.316 e. The lowest BCUT2D eigenvalue weighted by Crippen LogP contribution is -2.31. The van der Waals surface area contributed by atoms with E-state index in [0.29, 0.717) is 6.04 Å². The fourth-order valence-corrected chi connectivity index (χ4v) is 4.56. The Labute approximate surface area is 130 Å².